The predicted molar refractivity (Wildman–Crippen MR) is 47.4 cm³/mol. The summed E-state index contributed by atoms with van der Waals surface area (Å²) in [5.74, 6) is 4.04. The highest BCUT2D eigenvalue weighted by Gasteiger charge is 2.04. The minimum Gasteiger partial charge on any atom is -0.294 e. The molecule has 1 aromatic carbocycles. The number of nitrogens with two attached hydrogens (primary N) is 1. The molecule has 1 amide bonds. The van der Waals surface area contributed by atoms with Crippen LogP contribution >= 0.6 is 11.6 Å². The van der Waals surface area contributed by atoms with E-state index in [0.717, 1.165) is 0 Å². The number of hydrogen-bond donors (Lipinski definition) is 2. The van der Waals surface area contributed by atoms with Crippen molar-refractivity contribution in [1.82, 2.24) is 5.43 Å². The Balaban J connectivity index is 2.79. The molecule has 0 radical (unpaired) electrons. The number of carbonyl (C=O) groups excluding carboxylic acids is 1. The third-order valence-corrected chi connectivity index (χ3v) is 1.80. The molecule has 0 saturated carbocycles. The SMILES string of the molecule is NNC(=O)Cc1ccc(F)c(Cl)c1. The molecule has 0 aliphatic carbocycles. The number of amides is 1. The van der Waals surface area contributed by atoms with Gasteiger partial charge in [0.05, 0.1) is 11.4 Å². The highest BCUT2D eigenvalue weighted by atomic mass is 35.5. The van der Waals surface area contributed by atoms with Gasteiger partial charge in [0.2, 0.25) is 5.91 Å². The average molecular weight is 203 g/mol. The second kappa shape index (κ2) is 4.20. The predicted octanol–water partition coefficient (Wildman–Crippen LogP) is 1.01. The number of hydrogen-bond acceptors (Lipinski definition) is 2. The van der Waals surface area contributed by atoms with Crippen LogP contribution in [0.3, 0.4) is 0 Å². The molecule has 0 saturated heterocycles. The Morgan fingerprint density at radius 2 is 2.31 bits per heavy atom. The molecule has 0 heterocycles. The average Bonchev–Trinajstić information content (AvgIpc) is 2.11. The van der Waals surface area contributed by atoms with Gasteiger partial charge in [-0.25, -0.2) is 10.2 Å². The highest BCUT2D eigenvalue weighted by Crippen LogP contribution is 2.16. The lowest BCUT2D eigenvalue weighted by molar-refractivity contribution is -0.120. The first-order valence-corrected chi connectivity index (χ1v) is 3.94. The van der Waals surface area contributed by atoms with Gasteiger partial charge in [0.15, 0.2) is 0 Å². The van der Waals surface area contributed by atoms with Crippen molar-refractivity contribution >= 4 is 17.5 Å². The standard InChI is InChI=1S/C8H8ClFN2O/c9-6-3-5(1-2-7(6)10)4-8(13)12-11/h1-3H,4,11H2,(H,12,13). The van der Waals surface area contributed by atoms with Crippen LogP contribution < -0.4 is 11.3 Å². The number of halogens is 2. The van der Waals surface area contributed by atoms with E-state index in [1.165, 1.54) is 18.2 Å². The van der Waals surface area contributed by atoms with E-state index in [-0.39, 0.29) is 17.4 Å². The van der Waals surface area contributed by atoms with Gasteiger partial charge in [-0.1, -0.05) is 17.7 Å². The van der Waals surface area contributed by atoms with E-state index in [9.17, 15) is 9.18 Å². The molecule has 0 fully saturated rings. The Morgan fingerprint density at radius 3 is 2.85 bits per heavy atom. The minimum atomic E-state index is -0.501. The Hall–Kier alpha value is -1.13. The summed E-state index contributed by atoms with van der Waals surface area (Å²) in [4.78, 5) is 10.8. The summed E-state index contributed by atoms with van der Waals surface area (Å²) < 4.78 is 12.7. The molecule has 0 bridgehead atoms. The topological polar surface area (TPSA) is 55.1 Å². The van der Waals surface area contributed by atoms with E-state index >= 15 is 0 Å². The summed E-state index contributed by atoms with van der Waals surface area (Å²) in [6.45, 7) is 0. The van der Waals surface area contributed by atoms with Crippen molar-refractivity contribution < 1.29 is 9.18 Å². The van der Waals surface area contributed by atoms with Crippen molar-refractivity contribution in [2.24, 2.45) is 5.84 Å². The normalized spacial score (nSPS) is 9.77. The Labute approximate surface area is 79.7 Å². The van der Waals surface area contributed by atoms with Crippen LogP contribution in [0.2, 0.25) is 5.02 Å². The largest absolute Gasteiger partial charge is 0.294 e. The zero-order chi connectivity index (χ0) is 9.84. The van der Waals surface area contributed by atoms with Crippen LogP contribution in [-0.4, -0.2) is 5.91 Å². The van der Waals surface area contributed by atoms with Gasteiger partial charge >= 0.3 is 0 Å². The van der Waals surface area contributed by atoms with Gasteiger partial charge in [-0.15, -0.1) is 0 Å². The van der Waals surface area contributed by atoms with Crippen LogP contribution in [0.4, 0.5) is 4.39 Å². The fourth-order valence-corrected chi connectivity index (χ4v) is 1.09. The third-order valence-electron chi connectivity index (χ3n) is 1.51. The molecule has 0 aliphatic rings. The van der Waals surface area contributed by atoms with Crippen molar-refractivity contribution in [1.29, 1.82) is 0 Å². The van der Waals surface area contributed by atoms with Gasteiger partial charge in [0, 0.05) is 0 Å². The number of hydrazine groups is 1. The van der Waals surface area contributed by atoms with Crippen LogP contribution in [0.5, 0.6) is 0 Å². The number of rotatable bonds is 2. The van der Waals surface area contributed by atoms with E-state index in [0.29, 0.717) is 5.56 Å². The van der Waals surface area contributed by atoms with E-state index in [1.54, 1.807) is 0 Å². The lowest BCUT2D eigenvalue weighted by atomic mass is 10.1. The van der Waals surface area contributed by atoms with Gasteiger partial charge in [-0.05, 0) is 17.7 Å². The molecule has 0 aromatic heterocycles. The van der Waals surface area contributed by atoms with Crippen LogP contribution in [0, 0.1) is 5.82 Å². The van der Waals surface area contributed by atoms with Crippen LogP contribution in [-0.2, 0) is 11.2 Å². The van der Waals surface area contributed by atoms with Crippen molar-refractivity contribution in [3.8, 4) is 0 Å². The van der Waals surface area contributed by atoms with Gasteiger partial charge < -0.3 is 0 Å². The van der Waals surface area contributed by atoms with Crippen LogP contribution in [0.15, 0.2) is 18.2 Å². The zero-order valence-electron chi connectivity index (χ0n) is 6.68. The fourth-order valence-electron chi connectivity index (χ4n) is 0.886. The zero-order valence-corrected chi connectivity index (χ0v) is 7.44. The lowest BCUT2D eigenvalue weighted by Crippen LogP contribution is -2.31. The first-order valence-electron chi connectivity index (χ1n) is 3.57. The van der Waals surface area contributed by atoms with Crippen molar-refractivity contribution in [3.05, 3.63) is 34.6 Å². The summed E-state index contributed by atoms with van der Waals surface area (Å²) in [7, 11) is 0. The summed E-state index contributed by atoms with van der Waals surface area (Å²) >= 11 is 5.50. The molecular weight excluding hydrogens is 195 g/mol. The molecule has 0 aliphatic heterocycles. The first kappa shape index (κ1) is 9.95. The molecule has 13 heavy (non-hydrogen) atoms. The van der Waals surface area contributed by atoms with Crippen LogP contribution in [0.1, 0.15) is 5.56 Å². The Bertz CT molecular complexity index is 330. The second-order valence-electron chi connectivity index (χ2n) is 2.49. The van der Waals surface area contributed by atoms with Gasteiger partial charge in [-0.3, -0.25) is 10.2 Å². The molecule has 3 N–H and O–H groups in total. The van der Waals surface area contributed by atoms with E-state index < -0.39 is 5.82 Å². The molecular formula is C8H8ClFN2O. The summed E-state index contributed by atoms with van der Waals surface area (Å²) in [5, 5.41) is 0.00215. The quantitative estimate of drug-likeness (QED) is 0.427. The molecule has 0 atom stereocenters. The maximum atomic E-state index is 12.7. The Morgan fingerprint density at radius 1 is 1.62 bits per heavy atom. The minimum absolute atomic E-state index is 0.00215. The van der Waals surface area contributed by atoms with Crippen LogP contribution in [0.25, 0.3) is 0 Å². The highest BCUT2D eigenvalue weighted by molar-refractivity contribution is 6.30. The van der Waals surface area contributed by atoms with Crippen molar-refractivity contribution in [3.63, 3.8) is 0 Å². The monoisotopic (exact) mass is 202 g/mol. The Kier molecular flexibility index (Phi) is 3.22. The van der Waals surface area contributed by atoms with Gasteiger partial charge in [0.1, 0.15) is 5.82 Å². The third kappa shape index (κ3) is 2.68. The molecule has 5 heteroatoms. The smallest absolute Gasteiger partial charge is 0.238 e. The maximum absolute atomic E-state index is 12.7. The first-order chi connectivity index (χ1) is 6.13. The van der Waals surface area contributed by atoms with Gasteiger partial charge in [0.25, 0.3) is 0 Å². The maximum Gasteiger partial charge on any atom is 0.238 e. The molecule has 3 nitrogen and oxygen atoms in total. The molecule has 0 spiro atoms. The van der Waals surface area contributed by atoms with E-state index in [4.69, 9.17) is 17.4 Å². The molecule has 0 unspecified atom stereocenters. The summed E-state index contributed by atoms with van der Waals surface area (Å²) in [6, 6.07) is 4.09. The molecule has 1 aromatic rings. The molecule has 70 valence electrons. The lowest BCUT2D eigenvalue weighted by Gasteiger charge is -2.01. The molecule has 1 rings (SSSR count). The van der Waals surface area contributed by atoms with Crippen molar-refractivity contribution in [2.75, 3.05) is 0 Å². The fraction of sp³-hybridized carbons (Fsp3) is 0.125. The summed E-state index contributed by atoms with van der Waals surface area (Å²) in [6.07, 6.45) is 0.0938. The summed E-state index contributed by atoms with van der Waals surface area (Å²) in [5.41, 5.74) is 2.59. The number of nitrogens with one attached hydrogen (secondary N) is 1. The van der Waals surface area contributed by atoms with E-state index in [1.807, 2.05) is 5.43 Å². The van der Waals surface area contributed by atoms with Crippen molar-refractivity contribution in [2.45, 2.75) is 6.42 Å². The second-order valence-corrected chi connectivity index (χ2v) is 2.90. The van der Waals surface area contributed by atoms with E-state index in [2.05, 4.69) is 0 Å². The van der Waals surface area contributed by atoms with Gasteiger partial charge in [-0.2, -0.15) is 0 Å². The number of carbonyl (C=O) groups is 1. The number of benzene rings is 1.